The molecule has 0 N–H and O–H groups in total. The number of carbonyl (C=O) groups is 4. The second-order valence-corrected chi connectivity index (χ2v) is 36.9. The smallest absolute Gasteiger partial charge is 0.318 e. The van der Waals surface area contributed by atoms with Crippen molar-refractivity contribution in [2.24, 2.45) is 5.92 Å². The van der Waals surface area contributed by atoms with Crippen LogP contribution in [0.1, 0.15) is 85.1 Å². The number of carbonyl (C=O) groups excluding carboxylic acids is 4. The molecule has 5 atom stereocenters. The Morgan fingerprint density at radius 1 is 0.436 bits per heavy atom. The van der Waals surface area contributed by atoms with E-state index in [1.165, 1.54) is 53.2 Å². The molecule has 28 nitrogen and oxygen atoms in total. The van der Waals surface area contributed by atoms with Crippen molar-refractivity contribution in [3.05, 3.63) is 230 Å². The van der Waals surface area contributed by atoms with Crippen LogP contribution < -0.4 is 43.6 Å². The van der Waals surface area contributed by atoms with E-state index in [0.717, 1.165) is 140 Å². The van der Waals surface area contributed by atoms with Gasteiger partial charge in [0.2, 0.25) is 25.5 Å². The Kier molecular flexibility index (Phi) is 28.8. The van der Waals surface area contributed by atoms with E-state index in [1.807, 2.05) is 59.5 Å². The summed E-state index contributed by atoms with van der Waals surface area (Å²) in [6.45, 7) is 45.1. The van der Waals surface area contributed by atoms with Crippen LogP contribution in [-0.4, -0.2) is 271 Å². The van der Waals surface area contributed by atoms with Gasteiger partial charge in [0.1, 0.15) is 48.8 Å². The van der Waals surface area contributed by atoms with Gasteiger partial charge in [0.05, 0.1) is 58.4 Å². The quantitative estimate of drug-likeness (QED) is 0.0428. The van der Waals surface area contributed by atoms with Crippen LogP contribution in [0, 0.1) is 25.6 Å². The lowest BCUT2D eigenvalue weighted by molar-refractivity contribution is -0.131. The number of aromatic nitrogens is 6. The molecule has 9 aliphatic heterocycles. The van der Waals surface area contributed by atoms with Crippen LogP contribution in [-0.2, 0) is 58.1 Å². The molecule has 19 rings (SSSR count). The topological polar surface area (TPSA) is 225 Å². The van der Waals surface area contributed by atoms with Crippen LogP contribution in [0.5, 0.6) is 18.0 Å². The highest BCUT2D eigenvalue weighted by Gasteiger charge is 2.44. The molecule has 6 saturated heterocycles. The summed E-state index contributed by atoms with van der Waals surface area (Å²) >= 11 is 20.1. The molecule has 12 heterocycles. The Bertz CT molecular complexity index is 6070. The first-order valence-electron chi connectivity index (χ1n) is 45.8. The maximum absolute atomic E-state index is 13.8. The van der Waals surface area contributed by atoms with Crippen molar-refractivity contribution >= 4 is 125 Å². The van der Waals surface area contributed by atoms with Crippen molar-refractivity contribution in [3.63, 3.8) is 0 Å². The molecule has 133 heavy (non-hydrogen) atoms. The van der Waals surface area contributed by atoms with E-state index < -0.39 is 53.3 Å². The van der Waals surface area contributed by atoms with Crippen molar-refractivity contribution < 1.29 is 46.6 Å². The number of piperazine rings is 3. The maximum Gasteiger partial charge on any atom is 0.318 e. The first-order valence-corrected chi connectivity index (χ1v) is 47.0. The zero-order valence-corrected chi connectivity index (χ0v) is 76.9. The number of hydrogen-bond acceptors (Lipinski definition) is 21. The number of fused-ring (bicyclic) bond motifs is 6. The van der Waals surface area contributed by atoms with Crippen molar-refractivity contribution in [1.82, 2.24) is 59.3 Å². The van der Waals surface area contributed by atoms with Crippen LogP contribution in [0.3, 0.4) is 0 Å². The minimum atomic E-state index is -1.03. The summed E-state index contributed by atoms with van der Waals surface area (Å²) in [6.07, 6.45) is 11.1. The van der Waals surface area contributed by atoms with Crippen LogP contribution >= 0.6 is 34.8 Å². The fraction of sp³-hybridized carbons (Fsp3) is 0.444. The second-order valence-electron chi connectivity index (χ2n) is 35.6. The lowest BCUT2D eigenvalue weighted by Gasteiger charge is -2.41. The van der Waals surface area contributed by atoms with Gasteiger partial charge in [0, 0.05) is 180 Å². The fourth-order valence-corrected chi connectivity index (χ4v) is 21.0. The number of hydrogen-bond donors (Lipinski definition) is 0. The Hall–Kier alpha value is -12.3. The predicted molar refractivity (Wildman–Crippen MR) is 511 cm³/mol. The third-order valence-corrected chi connectivity index (χ3v) is 28.1. The summed E-state index contributed by atoms with van der Waals surface area (Å²) in [5, 5.41) is 8.36. The van der Waals surface area contributed by atoms with Crippen LogP contribution in [0.25, 0.3) is 46.9 Å². The van der Waals surface area contributed by atoms with Gasteiger partial charge in [-0.1, -0.05) is 140 Å². The van der Waals surface area contributed by atoms with Gasteiger partial charge in [0.25, 0.3) is 17.7 Å². The van der Waals surface area contributed by atoms with E-state index in [-0.39, 0.29) is 57.1 Å². The molecule has 3 aromatic heterocycles. The number of rotatable bonds is 23. The number of halogens is 6. The number of amides is 4. The van der Waals surface area contributed by atoms with Crippen LogP contribution in [0.2, 0.25) is 15.1 Å². The molecule has 4 amide bonds. The molecule has 1 aliphatic carbocycles. The highest BCUT2D eigenvalue weighted by molar-refractivity contribution is 6.37. The zero-order valence-electron chi connectivity index (χ0n) is 74.7. The molecular weight excluding hydrogens is 1760 g/mol. The van der Waals surface area contributed by atoms with E-state index in [1.54, 1.807) is 11.9 Å². The molecule has 10 aliphatic rings. The van der Waals surface area contributed by atoms with E-state index in [4.69, 9.17) is 98.6 Å². The van der Waals surface area contributed by atoms with E-state index >= 15 is 0 Å². The molecule has 7 fully saturated rings. The summed E-state index contributed by atoms with van der Waals surface area (Å²) in [6, 6.07) is 36.9. The molecular formula is C99H107Cl3F3N21O7. The average Bonchev–Trinajstić information content (AvgIpc) is 1.73. The molecule has 1 saturated carbocycles. The van der Waals surface area contributed by atoms with Gasteiger partial charge in [-0.15, -0.1) is 0 Å². The Morgan fingerprint density at radius 2 is 0.805 bits per heavy atom. The molecule has 0 bridgehead atoms. The molecule has 9 aromatic rings. The summed E-state index contributed by atoms with van der Waals surface area (Å²) < 4.78 is 60.1. The summed E-state index contributed by atoms with van der Waals surface area (Å²) in [5.74, 6) is -2.98. The van der Waals surface area contributed by atoms with Gasteiger partial charge in [-0.25, -0.2) is 32.9 Å². The van der Waals surface area contributed by atoms with Crippen molar-refractivity contribution in [2.45, 2.75) is 120 Å². The third-order valence-electron chi connectivity index (χ3n) is 27.1. The standard InChI is InChI=1S/C34H39ClFN7O2.C33H35ClFN7O2.C32H33ClFN7O3/c1-24(36)33(44)43-18-17-42(22-26(43)21-37-2)32-27-13-16-41(30-12-8-10-25-9-7-11-28(35)31(25)30)23-29(27)38-34(39-32)45-20-19-40-14-5-3-4-6-15-40;1-21(35)32(43)42-16-15-40(18-25(42)17-36-2)31-26-12-13-39(29-8-4-6-22-5-3-7-27(34)30(22)29)19-28(26)37-33(38-31)44-20-24-11-14-41(24)23-9-10-23;1-20(34)31(43)41-13-12-40(17-23(41)15-35-2)30-24-10-11-39(27-9-5-7-22-6-4-8-25(33)29(22)27)18-26(24)36-32(37-30)44-19-21-14-28(42)38(3)16-21/h7-12,26H,1,3-6,13-23H2;3-8,23-25H,1,9-20H2;4-9,21,23H,1,10-19H2,3H3/t26-;24-,25-;21-,23-/m000/s1. The van der Waals surface area contributed by atoms with Crippen LogP contribution in [0.15, 0.2) is 146 Å². The summed E-state index contributed by atoms with van der Waals surface area (Å²) in [5.41, 5.74) is 8.79. The van der Waals surface area contributed by atoms with E-state index in [2.05, 4.69) is 123 Å². The first kappa shape index (κ1) is 92.5. The molecule has 0 radical (unpaired) electrons. The predicted octanol–water partition coefficient (Wildman–Crippen LogP) is 14.5. The number of nitrogens with zero attached hydrogens (tertiary/aromatic N) is 21. The number of anilines is 6. The zero-order chi connectivity index (χ0) is 92.7. The molecule has 692 valence electrons. The van der Waals surface area contributed by atoms with Gasteiger partial charge in [-0.2, -0.15) is 29.9 Å². The van der Waals surface area contributed by atoms with Crippen LogP contribution in [0.4, 0.5) is 47.7 Å². The normalized spacial score (nSPS) is 20.4. The maximum atomic E-state index is 13.8. The Labute approximate surface area is 787 Å². The lowest BCUT2D eigenvalue weighted by atomic mass is 10.0. The monoisotopic (exact) mass is 1860 g/mol. The highest BCUT2D eigenvalue weighted by atomic mass is 35.5. The van der Waals surface area contributed by atoms with Crippen molar-refractivity contribution in [2.75, 3.05) is 187 Å². The molecule has 0 spiro atoms. The van der Waals surface area contributed by atoms with Gasteiger partial charge >= 0.3 is 18.0 Å². The van der Waals surface area contributed by atoms with Gasteiger partial charge in [0.15, 0.2) is 17.5 Å². The lowest BCUT2D eigenvalue weighted by Crippen LogP contribution is -2.57. The molecule has 34 heteroatoms. The summed E-state index contributed by atoms with van der Waals surface area (Å²) in [4.78, 5) is 114. The van der Waals surface area contributed by atoms with Gasteiger partial charge < -0.3 is 77.7 Å². The highest BCUT2D eigenvalue weighted by Crippen LogP contribution is 2.44. The third kappa shape index (κ3) is 20.6. The minimum absolute atomic E-state index is 0.0327. The summed E-state index contributed by atoms with van der Waals surface area (Å²) in [7, 11) is 1.78. The van der Waals surface area contributed by atoms with Gasteiger partial charge in [-0.05, 0) is 117 Å². The second kappa shape index (κ2) is 41.4. The minimum Gasteiger partial charge on any atom is -0.463 e. The molecule has 6 aromatic carbocycles. The van der Waals surface area contributed by atoms with E-state index in [9.17, 15) is 32.3 Å². The fourth-order valence-electron chi connectivity index (χ4n) is 20.2. The number of likely N-dealkylation sites (tertiary alicyclic amines) is 3. The SMILES string of the molecule is [C-]#[N+]C[C@H]1CN(c2nc(OCCN3CCCCCC3)nc3c2CCN(c2cccc4cccc(Cl)c24)C3)CCN1C(=O)C(=C)F.[C-]#[N+]C[C@H]1CN(c2nc(OC[C@@H]3CCN3C3CC3)nc3c2CCN(c2cccc4cccc(Cl)c24)C3)CCN1C(=O)C(=C)F.[C-]#[N+]C[C@H]1CN(c2nc(OC[C@H]3CC(=O)N(C)C3)nc3c2CCN(c2cccc4cccc(Cl)c24)C3)CCN1C(=O)C(=C)F. The first-order chi connectivity index (χ1) is 64.6. The van der Waals surface area contributed by atoms with Crippen molar-refractivity contribution in [3.8, 4) is 18.0 Å². The number of benzene rings is 6. The average molecular weight is 1870 g/mol. The van der Waals surface area contributed by atoms with Crippen molar-refractivity contribution in [1.29, 1.82) is 0 Å². The largest absolute Gasteiger partial charge is 0.463 e. The molecule has 0 unspecified atom stereocenters. The Morgan fingerprint density at radius 3 is 1.14 bits per heavy atom. The number of ether oxygens (including phenoxy) is 3. The Balaban J connectivity index is 0.000000139. The van der Waals surface area contributed by atoms with E-state index in [0.29, 0.717) is 162 Å². The van der Waals surface area contributed by atoms with Gasteiger partial charge in [-0.3, -0.25) is 29.0 Å².